The summed E-state index contributed by atoms with van der Waals surface area (Å²) in [4.78, 5) is 12.2. The topological polar surface area (TPSA) is 63.2 Å². The number of cyclic esters (lactones) is 1. The van der Waals surface area contributed by atoms with Crippen molar-refractivity contribution in [1.29, 1.82) is 0 Å². The smallest absolute Gasteiger partial charge is 0.342 e. The van der Waals surface area contributed by atoms with Gasteiger partial charge in [-0.2, -0.15) is 0 Å². The summed E-state index contributed by atoms with van der Waals surface area (Å²) in [6, 6.07) is 0. The second-order valence-electron chi connectivity index (χ2n) is 4.41. The molecule has 1 heterocycles. The van der Waals surface area contributed by atoms with Gasteiger partial charge in [0.15, 0.2) is 11.5 Å². The molecule has 0 amide bonds. The number of hydrogen-bond donors (Lipinski definition) is 0. The number of carbonyl (C=O) groups is 1. The van der Waals surface area contributed by atoms with E-state index in [1.54, 1.807) is 0 Å². The number of carbonyl (C=O) groups excluding carboxylic acids is 1. The third-order valence-electron chi connectivity index (χ3n) is 3.24. The molecular formula is C14H18O6. The van der Waals surface area contributed by atoms with E-state index < -0.39 is 5.97 Å². The zero-order valence-corrected chi connectivity index (χ0v) is 12.2. The monoisotopic (exact) mass is 282 g/mol. The van der Waals surface area contributed by atoms with Crippen LogP contribution in [0.1, 0.15) is 22.8 Å². The number of esters is 1. The highest BCUT2D eigenvalue weighted by molar-refractivity contribution is 5.98. The molecular weight excluding hydrogens is 264 g/mol. The number of fused-ring (bicyclic) bond motifs is 1. The van der Waals surface area contributed by atoms with E-state index in [2.05, 4.69) is 0 Å². The molecule has 0 aromatic heterocycles. The summed E-state index contributed by atoms with van der Waals surface area (Å²) >= 11 is 0. The van der Waals surface area contributed by atoms with Crippen LogP contribution in [0.5, 0.6) is 23.0 Å². The van der Waals surface area contributed by atoms with Gasteiger partial charge in [-0.3, -0.25) is 0 Å². The first-order valence-corrected chi connectivity index (χ1v) is 6.18. The van der Waals surface area contributed by atoms with E-state index in [1.165, 1.54) is 28.4 Å². The Morgan fingerprint density at radius 3 is 1.90 bits per heavy atom. The van der Waals surface area contributed by atoms with Crippen LogP contribution in [0.3, 0.4) is 0 Å². The van der Waals surface area contributed by atoms with Gasteiger partial charge < -0.3 is 23.7 Å². The minimum atomic E-state index is -0.449. The molecule has 6 nitrogen and oxygen atoms in total. The lowest BCUT2D eigenvalue weighted by molar-refractivity contribution is 0.0292. The highest BCUT2D eigenvalue weighted by Crippen LogP contribution is 2.51. The Labute approximate surface area is 117 Å². The summed E-state index contributed by atoms with van der Waals surface area (Å²) in [7, 11) is 5.98. The van der Waals surface area contributed by atoms with E-state index in [9.17, 15) is 4.79 Å². The van der Waals surface area contributed by atoms with Gasteiger partial charge in [0, 0.05) is 12.0 Å². The van der Waals surface area contributed by atoms with Gasteiger partial charge in [-0.15, -0.1) is 0 Å². The summed E-state index contributed by atoms with van der Waals surface area (Å²) in [5.41, 5.74) is 1.05. The lowest BCUT2D eigenvalue weighted by atomic mass is 9.95. The first kappa shape index (κ1) is 14.3. The Morgan fingerprint density at radius 2 is 1.40 bits per heavy atom. The van der Waals surface area contributed by atoms with Crippen LogP contribution in [-0.4, -0.2) is 40.5 Å². The Bertz CT molecular complexity index is 537. The Kier molecular flexibility index (Phi) is 3.92. The number of ether oxygens (including phenoxy) is 5. The predicted molar refractivity (Wildman–Crippen MR) is 71.2 cm³/mol. The summed E-state index contributed by atoms with van der Waals surface area (Å²) < 4.78 is 26.6. The largest absolute Gasteiger partial charge is 0.492 e. The molecule has 1 aromatic carbocycles. The van der Waals surface area contributed by atoms with Gasteiger partial charge in [-0.25, -0.2) is 4.79 Å². The lowest BCUT2D eigenvalue weighted by Gasteiger charge is -2.27. The Morgan fingerprint density at radius 1 is 0.900 bits per heavy atom. The van der Waals surface area contributed by atoms with E-state index in [1.807, 2.05) is 6.92 Å². The standard InChI is InChI=1S/C14H18O6/c1-7-6-8-9(14(15)20-7)11(17-3)13(19-5)12(18-4)10(8)16-2/h7H,6H2,1-5H3/t7-/m1/s1. The highest BCUT2D eigenvalue weighted by Gasteiger charge is 2.36. The zero-order chi connectivity index (χ0) is 14.9. The molecule has 2 rings (SSSR count). The maximum absolute atomic E-state index is 12.2. The lowest BCUT2D eigenvalue weighted by Crippen LogP contribution is -2.26. The molecule has 0 spiro atoms. The number of rotatable bonds is 4. The van der Waals surface area contributed by atoms with E-state index in [0.717, 1.165) is 0 Å². The first-order chi connectivity index (χ1) is 9.58. The predicted octanol–water partition coefficient (Wildman–Crippen LogP) is 1.82. The van der Waals surface area contributed by atoms with Crippen LogP contribution in [-0.2, 0) is 11.2 Å². The fourth-order valence-electron chi connectivity index (χ4n) is 2.47. The van der Waals surface area contributed by atoms with Crippen LogP contribution in [0.25, 0.3) is 0 Å². The van der Waals surface area contributed by atoms with Crippen molar-refractivity contribution < 1.29 is 28.5 Å². The summed E-state index contributed by atoms with van der Waals surface area (Å²) in [6.07, 6.45) is 0.299. The minimum Gasteiger partial charge on any atom is -0.492 e. The molecule has 0 saturated heterocycles. The van der Waals surface area contributed by atoms with Crippen molar-refractivity contribution in [2.75, 3.05) is 28.4 Å². The Balaban J connectivity index is 2.83. The van der Waals surface area contributed by atoms with Crippen LogP contribution in [0.2, 0.25) is 0 Å². The molecule has 0 aliphatic carbocycles. The molecule has 0 fully saturated rings. The van der Waals surface area contributed by atoms with Crippen molar-refractivity contribution in [3.8, 4) is 23.0 Å². The van der Waals surface area contributed by atoms with Crippen LogP contribution >= 0.6 is 0 Å². The summed E-state index contributed by atoms with van der Waals surface area (Å²) in [5, 5.41) is 0. The SMILES string of the molecule is COc1c2c(c(OC)c(OC)c1OC)C(=O)O[C@H](C)C2. The normalized spacial score (nSPS) is 17.1. The summed E-state index contributed by atoms with van der Waals surface area (Å²) in [5.74, 6) is 1.06. The molecule has 1 aromatic rings. The highest BCUT2D eigenvalue weighted by atomic mass is 16.6. The molecule has 0 bridgehead atoms. The van der Waals surface area contributed by atoms with E-state index in [-0.39, 0.29) is 6.10 Å². The second kappa shape index (κ2) is 5.48. The number of benzene rings is 1. The minimum absolute atomic E-state index is 0.230. The Hall–Kier alpha value is -2.11. The van der Waals surface area contributed by atoms with Gasteiger partial charge in [-0.05, 0) is 6.92 Å². The average molecular weight is 282 g/mol. The van der Waals surface area contributed by atoms with Gasteiger partial charge in [0.2, 0.25) is 11.5 Å². The second-order valence-corrected chi connectivity index (χ2v) is 4.41. The van der Waals surface area contributed by atoms with E-state index in [0.29, 0.717) is 40.5 Å². The summed E-state index contributed by atoms with van der Waals surface area (Å²) in [6.45, 7) is 1.82. The number of hydrogen-bond acceptors (Lipinski definition) is 6. The van der Waals surface area contributed by atoms with Gasteiger partial charge in [0.1, 0.15) is 11.7 Å². The van der Waals surface area contributed by atoms with Crippen molar-refractivity contribution in [1.82, 2.24) is 0 Å². The van der Waals surface area contributed by atoms with Gasteiger partial charge in [0.25, 0.3) is 0 Å². The van der Waals surface area contributed by atoms with Crippen molar-refractivity contribution >= 4 is 5.97 Å². The zero-order valence-electron chi connectivity index (χ0n) is 12.2. The molecule has 0 N–H and O–H groups in total. The fraction of sp³-hybridized carbons (Fsp3) is 0.500. The molecule has 1 aliphatic rings. The van der Waals surface area contributed by atoms with Gasteiger partial charge in [-0.1, -0.05) is 0 Å². The number of methoxy groups -OCH3 is 4. The van der Waals surface area contributed by atoms with Crippen LogP contribution in [0.4, 0.5) is 0 Å². The average Bonchev–Trinajstić information content (AvgIpc) is 2.44. The first-order valence-electron chi connectivity index (χ1n) is 6.18. The molecule has 1 atom stereocenters. The van der Waals surface area contributed by atoms with Crippen molar-refractivity contribution in [2.45, 2.75) is 19.4 Å². The maximum atomic E-state index is 12.2. The van der Waals surface area contributed by atoms with Crippen LogP contribution in [0.15, 0.2) is 0 Å². The van der Waals surface area contributed by atoms with E-state index >= 15 is 0 Å². The maximum Gasteiger partial charge on any atom is 0.342 e. The van der Waals surface area contributed by atoms with E-state index in [4.69, 9.17) is 23.7 Å². The van der Waals surface area contributed by atoms with Crippen molar-refractivity contribution in [3.63, 3.8) is 0 Å². The molecule has 6 heteroatoms. The van der Waals surface area contributed by atoms with Crippen LogP contribution < -0.4 is 18.9 Å². The third-order valence-corrected chi connectivity index (χ3v) is 3.24. The van der Waals surface area contributed by atoms with Gasteiger partial charge in [0.05, 0.1) is 28.4 Å². The third kappa shape index (κ3) is 2.01. The molecule has 0 radical (unpaired) electrons. The fourth-order valence-corrected chi connectivity index (χ4v) is 2.47. The molecule has 0 unspecified atom stereocenters. The van der Waals surface area contributed by atoms with Crippen molar-refractivity contribution in [2.24, 2.45) is 0 Å². The molecule has 0 saturated carbocycles. The molecule has 20 heavy (non-hydrogen) atoms. The van der Waals surface area contributed by atoms with Gasteiger partial charge >= 0.3 is 5.97 Å². The van der Waals surface area contributed by atoms with Crippen molar-refractivity contribution in [3.05, 3.63) is 11.1 Å². The quantitative estimate of drug-likeness (QED) is 0.785. The molecule has 1 aliphatic heterocycles. The molecule has 110 valence electrons. The van der Waals surface area contributed by atoms with Crippen LogP contribution in [0, 0.1) is 0 Å².